The van der Waals surface area contributed by atoms with Crippen molar-refractivity contribution >= 4 is 22.7 Å². The highest BCUT2D eigenvalue weighted by atomic mass is 16.3. The molecular weight excluding hydrogens is 276 g/mol. The van der Waals surface area contributed by atoms with E-state index in [0.717, 1.165) is 29.6 Å². The average Bonchev–Trinajstić information content (AvgIpc) is 2.47. The number of aromatic nitrogens is 2. The molecular formula is C17H26N4O. The fourth-order valence-corrected chi connectivity index (χ4v) is 2.62. The van der Waals surface area contributed by atoms with Crippen molar-refractivity contribution in [2.24, 2.45) is 0 Å². The topological polar surface area (TPSA) is 84.1 Å². The summed E-state index contributed by atoms with van der Waals surface area (Å²) in [5, 5.41) is 13.7. The van der Waals surface area contributed by atoms with Gasteiger partial charge in [0.05, 0.1) is 5.52 Å². The second-order valence-electron chi connectivity index (χ2n) is 6.00. The van der Waals surface area contributed by atoms with E-state index >= 15 is 0 Å². The van der Waals surface area contributed by atoms with Crippen LogP contribution in [0.15, 0.2) is 18.2 Å². The highest BCUT2D eigenvalue weighted by Crippen LogP contribution is 2.27. The minimum atomic E-state index is 0.160. The van der Waals surface area contributed by atoms with Crippen molar-refractivity contribution in [3.8, 4) is 0 Å². The Morgan fingerprint density at radius 3 is 2.64 bits per heavy atom. The molecule has 5 heteroatoms. The van der Waals surface area contributed by atoms with E-state index in [-0.39, 0.29) is 18.6 Å². The van der Waals surface area contributed by atoms with Crippen molar-refractivity contribution in [3.05, 3.63) is 23.8 Å². The van der Waals surface area contributed by atoms with E-state index in [0.29, 0.717) is 12.3 Å². The molecule has 0 aliphatic rings. The molecule has 22 heavy (non-hydrogen) atoms. The SMILES string of the molecule is CCC[C@@H](CCO)Nc1nc(N)nc2ccc(C(C)C)cc12. The molecule has 0 aliphatic carbocycles. The first-order chi connectivity index (χ1) is 10.5. The first-order valence-corrected chi connectivity index (χ1v) is 7.99. The average molecular weight is 302 g/mol. The summed E-state index contributed by atoms with van der Waals surface area (Å²) >= 11 is 0. The summed E-state index contributed by atoms with van der Waals surface area (Å²) in [5.41, 5.74) is 7.93. The zero-order valence-electron chi connectivity index (χ0n) is 13.6. The Kier molecular flexibility index (Phi) is 5.55. The number of nitrogen functional groups attached to an aromatic ring is 1. The van der Waals surface area contributed by atoms with E-state index in [9.17, 15) is 5.11 Å². The van der Waals surface area contributed by atoms with Gasteiger partial charge in [0.25, 0.3) is 0 Å². The summed E-state index contributed by atoms with van der Waals surface area (Å²) in [5.74, 6) is 1.47. The van der Waals surface area contributed by atoms with E-state index in [1.807, 2.05) is 6.07 Å². The molecule has 0 spiro atoms. The minimum Gasteiger partial charge on any atom is -0.396 e. The highest BCUT2D eigenvalue weighted by molar-refractivity contribution is 5.90. The molecule has 0 aliphatic heterocycles. The van der Waals surface area contributed by atoms with Crippen molar-refractivity contribution in [2.45, 2.75) is 52.0 Å². The van der Waals surface area contributed by atoms with Crippen molar-refractivity contribution in [1.29, 1.82) is 0 Å². The molecule has 0 saturated carbocycles. The van der Waals surface area contributed by atoms with Crippen LogP contribution in [0.4, 0.5) is 11.8 Å². The lowest BCUT2D eigenvalue weighted by Gasteiger charge is -2.19. The number of benzene rings is 1. The molecule has 0 bridgehead atoms. The van der Waals surface area contributed by atoms with Crippen LogP contribution >= 0.6 is 0 Å². The molecule has 2 rings (SSSR count). The van der Waals surface area contributed by atoms with Gasteiger partial charge < -0.3 is 16.2 Å². The van der Waals surface area contributed by atoms with E-state index in [1.54, 1.807) is 0 Å². The zero-order valence-corrected chi connectivity index (χ0v) is 13.6. The Bertz CT molecular complexity index is 621. The fraction of sp³-hybridized carbons (Fsp3) is 0.529. The quantitative estimate of drug-likeness (QED) is 0.731. The van der Waals surface area contributed by atoms with Gasteiger partial charge in [-0.1, -0.05) is 33.3 Å². The van der Waals surface area contributed by atoms with Gasteiger partial charge in [0, 0.05) is 18.0 Å². The lowest BCUT2D eigenvalue weighted by atomic mass is 10.0. The van der Waals surface area contributed by atoms with Gasteiger partial charge in [-0.05, 0) is 36.5 Å². The van der Waals surface area contributed by atoms with Crippen LogP contribution in [0.25, 0.3) is 10.9 Å². The Hall–Kier alpha value is -1.88. The first-order valence-electron chi connectivity index (χ1n) is 7.99. The number of hydrogen-bond donors (Lipinski definition) is 3. The number of anilines is 2. The van der Waals surface area contributed by atoms with Crippen molar-refractivity contribution in [2.75, 3.05) is 17.7 Å². The van der Waals surface area contributed by atoms with E-state index < -0.39 is 0 Å². The fourth-order valence-electron chi connectivity index (χ4n) is 2.62. The molecule has 0 unspecified atom stereocenters. The number of nitrogens with two attached hydrogens (primary N) is 1. The molecule has 1 aromatic heterocycles. The van der Waals surface area contributed by atoms with Gasteiger partial charge in [0.2, 0.25) is 5.95 Å². The number of hydrogen-bond acceptors (Lipinski definition) is 5. The van der Waals surface area contributed by atoms with Crippen LogP contribution in [0, 0.1) is 0 Å². The predicted octanol–water partition coefficient (Wildman–Crippen LogP) is 3.30. The standard InChI is InChI=1S/C17H26N4O/c1-4-5-13(8-9-22)19-16-14-10-12(11(2)3)6-7-15(14)20-17(18)21-16/h6-7,10-11,13,22H,4-5,8-9H2,1-3H3,(H3,18,19,20,21)/t13-/m0/s1. The van der Waals surface area contributed by atoms with Crippen LogP contribution in [-0.2, 0) is 0 Å². The van der Waals surface area contributed by atoms with Crippen LogP contribution < -0.4 is 11.1 Å². The van der Waals surface area contributed by atoms with Gasteiger partial charge in [-0.3, -0.25) is 0 Å². The van der Waals surface area contributed by atoms with Crippen LogP contribution in [0.5, 0.6) is 0 Å². The molecule has 1 heterocycles. The molecule has 0 radical (unpaired) electrons. The van der Waals surface area contributed by atoms with Gasteiger partial charge in [0.15, 0.2) is 0 Å². The molecule has 1 aromatic carbocycles. The molecule has 5 nitrogen and oxygen atoms in total. The Morgan fingerprint density at radius 1 is 1.23 bits per heavy atom. The number of aliphatic hydroxyl groups is 1. The summed E-state index contributed by atoms with van der Waals surface area (Å²) in [6.07, 6.45) is 2.73. The third-order valence-corrected chi connectivity index (χ3v) is 3.86. The normalized spacial score (nSPS) is 12.8. The van der Waals surface area contributed by atoms with Crippen LogP contribution in [0.3, 0.4) is 0 Å². The predicted molar refractivity (Wildman–Crippen MR) is 92.1 cm³/mol. The van der Waals surface area contributed by atoms with Gasteiger partial charge in [-0.15, -0.1) is 0 Å². The summed E-state index contributed by atoms with van der Waals surface area (Å²) < 4.78 is 0. The minimum absolute atomic E-state index is 0.160. The maximum atomic E-state index is 9.23. The molecule has 0 fully saturated rings. The van der Waals surface area contributed by atoms with Gasteiger partial charge >= 0.3 is 0 Å². The third kappa shape index (κ3) is 3.85. The van der Waals surface area contributed by atoms with E-state index in [2.05, 4.69) is 48.2 Å². The second-order valence-corrected chi connectivity index (χ2v) is 6.00. The zero-order chi connectivity index (χ0) is 16.1. The molecule has 0 saturated heterocycles. The summed E-state index contributed by atoms with van der Waals surface area (Å²) in [7, 11) is 0. The highest BCUT2D eigenvalue weighted by Gasteiger charge is 2.13. The number of nitrogens with one attached hydrogen (secondary N) is 1. The van der Waals surface area contributed by atoms with Gasteiger partial charge in [-0.25, -0.2) is 4.98 Å². The lowest BCUT2D eigenvalue weighted by Crippen LogP contribution is -2.22. The second kappa shape index (κ2) is 7.40. The lowest BCUT2D eigenvalue weighted by molar-refractivity contribution is 0.276. The Balaban J connectivity index is 2.43. The van der Waals surface area contributed by atoms with Crippen LogP contribution in [0.1, 0.15) is 51.5 Å². The maximum Gasteiger partial charge on any atom is 0.222 e. The molecule has 4 N–H and O–H groups in total. The van der Waals surface area contributed by atoms with Crippen LogP contribution in [-0.4, -0.2) is 27.7 Å². The molecule has 2 aromatic rings. The largest absolute Gasteiger partial charge is 0.396 e. The van der Waals surface area contributed by atoms with Crippen molar-refractivity contribution < 1.29 is 5.11 Å². The summed E-state index contributed by atoms with van der Waals surface area (Å²) in [6.45, 7) is 6.62. The Labute approximate surface area is 132 Å². The molecule has 1 atom stereocenters. The number of nitrogens with zero attached hydrogens (tertiary/aromatic N) is 2. The number of aliphatic hydroxyl groups excluding tert-OH is 1. The Morgan fingerprint density at radius 2 is 2.00 bits per heavy atom. The third-order valence-electron chi connectivity index (χ3n) is 3.86. The van der Waals surface area contributed by atoms with Gasteiger partial charge in [0.1, 0.15) is 5.82 Å². The monoisotopic (exact) mass is 302 g/mol. The van der Waals surface area contributed by atoms with Gasteiger partial charge in [-0.2, -0.15) is 4.98 Å². The summed E-state index contributed by atoms with van der Waals surface area (Å²) in [6, 6.07) is 6.40. The summed E-state index contributed by atoms with van der Waals surface area (Å²) in [4.78, 5) is 8.69. The number of fused-ring (bicyclic) bond motifs is 1. The first kappa shape index (κ1) is 16.5. The van der Waals surface area contributed by atoms with Crippen molar-refractivity contribution in [1.82, 2.24) is 9.97 Å². The van der Waals surface area contributed by atoms with E-state index in [4.69, 9.17) is 5.73 Å². The maximum absolute atomic E-state index is 9.23. The molecule has 120 valence electrons. The smallest absolute Gasteiger partial charge is 0.222 e. The van der Waals surface area contributed by atoms with Crippen molar-refractivity contribution in [3.63, 3.8) is 0 Å². The van der Waals surface area contributed by atoms with Crippen LogP contribution in [0.2, 0.25) is 0 Å². The number of rotatable bonds is 7. The molecule has 0 amide bonds. The van der Waals surface area contributed by atoms with E-state index in [1.165, 1.54) is 5.56 Å².